The molecule has 3 rings (SSSR count). The first-order valence-electron chi connectivity index (χ1n) is 5.63. The van der Waals surface area contributed by atoms with Crippen LogP contribution >= 0.6 is 11.3 Å². The minimum atomic E-state index is 0.427. The van der Waals surface area contributed by atoms with Gasteiger partial charge in [-0.3, -0.25) is 0 Å². The smallest absolute Gasteiger partial charge is 0.153 e. The van der Waals surface area contributed by atoms with Crippen LogP contribution in [0.3, 0.4) is 0 Å². The lowest BCUT2D eigenvalue weighted by atomic mass is 10.3. The van der Waals surface area contributed by atoms with Gasteiger partial charge >= 0.3 is 0 Å². The number of anilines is 2. The summed E-state index contributed by atoms with van der Waals surface area (Å²) in [5.74, 6) is 0.800. The lowest BCUT2D eigenvalue weighted by Crippen LogP contribution is -1.97. The minimum Gasteiger partial charge on any atom is -0.330 e. The van der Waals surface area contributed by atoms with Gasteiger partial charge in [-0.15, -0.1) is 16.4 Å². The highest BCUT2D eigenvalue weighted by atomic mass is 32.1. The van der Waals surface area contributed by atoms with Crippen molar-refractivity contribution < 1.29 is 0 Å². The number of nitrogens with zero attached hydrogens (tertiary/aromatic N) is 3. The standard InChI is InChI=1S/C12H13N5S/c1-8-4-5-18-12(8)15-10-2-3-11-14-9(6-13)7-17(11)16-10/h2-5,7H,6,13H2,1H3,(H,15,16). The molecule has 0 saturated heterocycles. The van der Waals surface area contributed by atoms with E-state index in [1.54, 1.807) is 15.9 Å². The SMILES string of the molecule is Cc1ccsc1Nc1ccc2nc(CN)cn2n1. The molecule has 0 aliphatic heterocycles. The maximum atomic E-state index is 5.56. The molecule has 0 aliphatic rings. The molecule has 92 valence electrons. The summed E-state index contributed by atoms with van der Waals surface area (Å²) in [5.41, 5.74) is 8.43. The Bertz CT molecular complexity index is 685. The van der Waals surface area contributed by atoms with Crippen LogP contribution in [0.5, 0.6) is 0 Å². The summed E-state index contributed by atoms with van der Waals surface area (Å²) in [5, 5.41) is 10.9. The van der Waals surface area contributed by atoms with E-state index in [2.05, 4.69) is 33.8 Å². The molecule has 0 aliphatic carbocycles. The summed E-state index contributed by atoms with van der Waals surface area (Å²) < 4.78 is 1.74. The van der Waals surface area contributed by atoms with Gasteiger partial charge in [0.05, 0.1) is 16.9 Å². The molecule has 18 heavy (non-hydrogen) atoms. The first-order valence-corrected chi connectivity index (χ1v) is 6.51. The van der Waals surface area contributed by atoms with E-state index in [9.17, 15) is 0 Å². The Labute approximate surface area is 108 Å². The molecule has 3 aromatic heterocycles. The minimum absolute atomic E-state index is 0.427. The number of hydrogen-bond donors (Lipinski definition) is 2. The fraction of sp³-hybridized carbons (Fsp3) is 0.167. The summed E-state index contributed by atoms with van der Waals surface area (Å²) in [6.07, 6.45) is 1.85. The number of nitrogens with one attached hydrogen (secondary N) is 1. The molecule has 0 aromatic carbocycles. The molecule has 3 N–H and O–H groups in total. The molecule has 0 saturated carbocycles. The maximum Gasteiger partial charge on any atom is 0.153 e. The Morgan fingerprint density at radius 1 is 1.39 bits per heavy atom. The lowest BCUT2D eigenvalue weighted by molar-refractivity contribution is 0.934. The highest BCUT2D eigenvalue weighted by molar-refractivity contribution is 7.14. The van der Waals surface area contributed by atoms with E-state index in [-0.39, 0.29) is 0 Å². The monoisotopic (exact) mass is 259 g/mol. The van der Waals surface area contributed by atoms with Crippen molar-refractivity contribution in [3.8, 4) is 0 Å². The second-order valence-corrected chi connectivity index (χ2v) is 4.93. The van der Waals surface area contributed by atoms with Crippen molar-refractivity contribution in [1.29, 1.82) is 0 Å². The Balaban J connectivity index is 1.95. The highest BCUT2D eigenvalue weighted by Gasteiger charge is 2.04. The normalized spacial score (nSPS) is 11.0. The third kappa shape index (κ3) is 1.96. The van der Waals surface area contributed by atoms with E-state index in [1.165, 1.54) is 5.56 Å². The molecule has 6 heteroatoms. The summed E-state index contributed by atoms with van der Waals surface area (Å²) in [7, 11) is 0. The number of imidazole rings is 1. The largest absolute Gasteiger partial charge is 0.330 e. The molecule has 0 unspecified atom stereocenters. The van der Waals surface area contributed by atoms with Crippen LogP contribution in [0.15, 0.2) is 29.8 Å². The molecule has 0 bridgehead atoms. The number of fused-ring (bicyclic) bond motifs is 1. The van der Waals surface area contributed by atoms with E-state index < -0.39 is 0 Å². The van der Waals surface area contributed by atoms with Crippen molar-refractivity contribution in [2.24, 2.45) is 5.73 Å². The van der Waals surface area contributed by atoms with Crippen LogP contribution < -0.4 is 11.1 Å². The maximum absolute atomic E-state index is 5.56. The fourth-order valence-corrected chi connectivity index (χ4v) is 2.54. The second-order valence-electron chi connectivity index (χ2n) is 4.02. The molecule has 0 fully saturated rings. The summed E-state index contributed by atoms with van der Waals surface area (Å²) >= 11 is 1.66. The summed E-state index contributed by atoms with van der Waals surface area (Å²) in [6.45, 7) is 2.50. The summed E-state index contributed by atoms with van der Waals surface area (Å²) in [6, 6.07) is 5.93. The number of aryl methyl sites for hydroxylation is 1. The summed E-state index contributed by atoms with van der Waals surface area (Å²) in [4.78, 5) is 4.34. The number of hydrogen-bond acceptors (Lipinski definition) is 5. The van der Waals surface area contributed by atoms with Gasteiger partial charge in [0.1, 0.15) is 0 Å². The van der Waals surface area contributed by atoms with E-state index in [4.69, 9.17) is 5.73 Å². The number of thiophene rings is 1. The van der Waals surface area contributed by atoms with Crippen LogP contribution in [-0.2, 0) is 6.54 Å². The average molecular weight is 259 g/mol. The van der Waals surface area contributed by atoms with E-state index >= 15 is 0 Å². The van der Waals surface area contributed by atoms with Crippen LogP contribution in [-0.4, -0.2) is 14.6 Å². The zero-order chi connectivity index (χ0) is 12.5. The zero-order valence-corrected chi connectivity index (χ0v) is 10.7. The molecular formula is C12H13N5S. The van der Waals surface area contributed by atoms with Crippen LogP contribution in [0.1, 0.15) is 11.3 Å². The lowest BCUT2D eigenvalue weighted by Gasteiger charge is -2.04. The number of aromatic nitrogens is 3. The quantitative estimate of drug-likeness (QED) is 0.757. The van der Waals surface area contributed by atoms with Crippen molar-refractivity contribution in [3.05, 3.63) is 41.0 Å². The van der Waals surface area contributed by atoms with Crippen LogP contribution in [0.4, 0.5) is 10.8 Å². The first-order chi connectivity index (χ1) is 8.76. The van der Waals surface area contributed by atoms with Gasteiger partial charge in [-0.1, -0.05) is 0 Å². The Morgan fingerprint density at radius 3 is 3.00 bits per heavy atom. The van der Waals surface area contributed by atoms with Crippen molar-refractivity contribution >= 4 is 27.8 Å². The molecule has 3 heterocycles. The number of rotatable bonds is 3. The average Bonchev–Trinajstić information content (AvgIpc) is 2.95. The van der Waals surface area contributed by atoms with Crippen LogP contribution in [0.2, 0.25) is 0 Å². The molecule has 0 atom stereocenters. The molecule has 5 nitrogen and oxygen atoms in total. The number of nitrogens with two attached hydrogens (primary N) is 1. The third-order valence-corrected chi connectivity index (χ3v) is 3.61. The molecule has 0 amide bonds. The van der Waals surface area contributed by atoms with E-state index in [1.807, 2.05) is 18.3 Å². The van der Waals surface area contributed by atoms with E-state index in [0.29, 0.717) is 6.54 Å². The topological polar surface area (TPSA) is 68.2 Å². The van der Waals surface area contributed by atoms with Crippen molar-refractivity contribution in [3.63, 3.8) is 0 Å². The molecule has 0 radical (unpaired) electrons. The zero-order valence-electron chi connectivity index (χ0n) is 9.92. The van der Waals surface area contributed by atoms with Gasteiger partial charge in [-0.25, -0.2) is 9.50 Å². The Hall–Kier alpha value is -1.92. The fourth-order valence-electron chi connectivity index (χ4n) is 1.71. The molecule has 3 aromatic rings. The van der Waals surface area contributed by atoms with Crippen molar-refractivity contribution in [1.82, 2.24) is 14.6 Å². The van der Waals surface area contributed by atoms with Gasteiger partial charge in [0.15, 0.2) is 11.5 Å². The van der Waals surface area contributed by atoms with E-state index in [0.717, 1.165) is 22.2 Å². The van der Waals surface area contributed by atoms with Gasteiger partial charge in [0, 0.05) is 6.54 Å². The highest BCUT2D eigenvalue weighted by Crippen LogP contribution is 2.25. The van der Waals surface area contributed by atoms with Crippen molar-refractivity contribution in [2.75, 3.05) is 5.32 Å². The predicted molar refractivity (Wildman–Crippen MR) is 73.2 cm³/mol. The van der Waals surface area contributed by atoms with Crippen molar-refractivity contribution in [2.45, 2.75) is 13.5 Å². The van der Waals surface area contributed by atoms with Gasteiger partial charge < -0.3 is 11.1 Å². The molecule has 0 spiro atoms. The van der Waals surface area contributed by atoms with Gasteiger partial charge in [-0.2, -0.15) is 0 Å². The van der Waals surface area contributed by atoms with Gasteiger partial charge in [-0.05, 0) is 36.1 Å². The van der Waals surface area contributed by atoms with Gasteiger partial charge in [0.2, 0.25) is 0 Å². The first kappa shape index (κ1) is 11.2. The Morgan fingerprint density at radius 2 is 2.28 bits per heavy atom. The Kier molecular flexibility index (Phi) is 2.73. The molecular weight excluding hydrogens is 246 g/mol. The van der Waals surface area contributed by atoms with Crippen LogP contribution in [0.25, 0.3) is 5.65 Å². The third-order valence-electron chi connectivity index (χ3n) is 2.68. The second kappa shape index (κ2) is 4.40. The predicted octanol–water partition coefficient (Wildman–Crippen LogP) is 2.30. The van der Waals surface area contributed by atoms with Crippen LogP contribution in [0, 0.1) is 6.92 Å². The van der Waals surface area contributed by atoms with Gasteiger partial charge in [0.25, 0.3) is 0 Å².